The number of amides is 2. The van der Waals surface area contributed by atoms with Crippen LogP contribution in [0.5, 0.6) is 0 Å². The number of nitrogens with zero attached hydrogens (tertiary/aromatic N) is 2. The van der Waals surface area contributed by atoms with Gasteiger partial charge in [-0.25, -0.2) is 0 Å². The van der Waals surface area contributed by atoms with Gasteiger partial charge in [-0.2, -0.15) is 0 Å². The molecule has 1 heterocycles. The number of carbonyl (C=O) groups is 2. The maximum absolute atomic E-state index is 12.8. The Hall–Kier alpha value is -3.22. The highest BCUT2D eigenvalue weighted by molar-refractivity contribution is 5.96. The number of benzene rings is 2. The molecule has 3 rings (SSSR count). The summed E-state index contributed by atoms with van der Waals surface area (Å²) in [6.07, 6.45) is 1.34. The first-order chi connectivity index (χ1) is 13.0. The summed E-state index contributed by atoms with van der Waals surface area (Å²) in [5, 5.41) is 14.1. The van der Waals surface area contributed by atoms with E-state index >= 15 is 0 Å². The SMILES string of the molecule is Cc1c(C(=O)NC(CN2CCCC2=O)c2ccccc2)cccc1[N+](=O)[O-]. The van der Waals surface area contributed by atoms with Crippen molar-refractivity contribution in [2.75, 3.05) is 13.1 Å². The molecule has 0 spiro atoms. The van der Waals surface area contributed by atoms with E-state index in [-0.39, 0.29) is 23.2 Å². The molecule has 0 radical (unpaired) electrons. The Morgan fingerprint density at radius 2 is 1.96 bits per heavy atom. The van der Waals surface area contributed by atoms with Crippen molar-refractivity contribution in [3.05, 3.63) is 75.3 Å². The van der Waals surface area contributed by atoms with Gasteiger partial charge in [0.1, 0.15) is 0 Å². The highest BCUT2D eigenvalue weighted by Gasteiger charge is 2.26. The first kappa shape index (κ1) is 18.6. The molecule has 1 unspecified atom stereocenters. The normalized spacial score (nSPS) is 14.9. The van der Waals surface area contributed by atoms with Crippen LogP contribution in [0.15, 0.2) is 48.5 Å². The standard InChI is InChI=1S/C20H21N3O4/c1-14-16(9-5-10-18(14)23(26)27)20(25)21-17(15-7-3-2-4-8-15)13-22-12-6-11-19(22)24/h2-5,7-10,17H,6,11-13H2,1H3,(H,21,25). The van der Waals surface area contributed by atoms with Gasteiger partial charge in [0.15, 0.2) is 0 Å². The van der Waals surface area contributed by atoms with Gasteiger partial charge < -0.3 is 10.2 Å². The van der Waals surface area contributed by atoms with E-state index in [0.29, 0.717) is 25.1 Å². The second-order valence-corrected chi connectivity index (χ2v) is 6.59. The van der Waals surface area contributed by atoms with E-state index < -0.39 is 10.8 Å². The van der Waals surface area contributed by atoms with Gasteiger partial charge in [0.05, 0.1) is 11.0 Å². The summed E-state index contributed by atoms with van der Waals surface area (Å²) in [6.45, 7) is 2.62. The lowest BCUT2D eigenvalue weighted by Crippen LogP contribution is -2.38. The Kier molecular flexibility index (Phi) is 5.49. The van der Waals surface area contributed by atoms with Crippen molar-refractivity contribution in [1.29, 1.82) is 0 Å². The summed E-state index contributed by atoms with van der Waals surface area (Å²) in [4.78, 5) is 37.2. The van der Waals surface area contributed by atoms with Crippen LogP contribution in [0.3, 0.4) is 0 Å². The second-order valence-electron chi connectivity index (χ2n) is 6.59. The molecular formula is C20H21N3O4. The molecule has 1 saturated heterocycles. The second kappa shape index (κ2) is 7.99. The maximum Gasteiger partial charge on any atom is 0.273 e. The van der Waals surface area contributed by atoms with Crippen molar-refractivity contribution < 1.29 is 14.5 Å². The molecule has 0 bridgehead atoms. The molecule has 2 aromatic rings. The number of nitro groups is 1. The Labute approximate surface area is 157 Å². The smallest absolute Gasteiger partial charge is 0.273 e. The van der Waals surface area contributed by atoms with Crippen molar-refractivity contribution in [1.82, 2.24) is 10.2 Å². The number of rotatable bonds is 6. The van der Waals surface area contributed by atoms with Crippen LogP contribution in [-0.4, -0.2) is 34.7 Å². The van der Waals surface area contributed by atoms with Crippen LogP contribution in [0.4, 0.5) is 5.69 Å². The Morgan fingerprint density at radius 1 is 1.22 bits per heavy atom. The minimum atomic E-state index is -0.496. The zero-order chi connectivity index (χ0) is 19.4. The van der Waals surface area contributed by atoms with E-state index in [1.807, 2.05) is 30.3 Å². The Bertz CT molecular complexity index is 867. The fourth-order valence-electron chi connectivity index (χ4n) is 3.34. The van der Waals surface area contributed by atoms with Crippen molar-refractivity contribution in [2.45, 2.75) is 25.8 Å². The van der Waals surface area contributed by atoms with Gasteiger partial charge in [0.25, 0.3) is 11.6 Å². The van der Waals surface area contributed by atoms with Crippen molar-refractivity contribution in [2.24, 2.45) is 0 Å². The predicted molar refractivity (Wildman–Crippen MR) is 100 cm³/mol. The predicted octanol–water partition coefficient (Wildman–Crippen LogP) is 3.00. The van der Waals surface area contributed by atoms with Crippen LogP contribution < -0.4 is 5.32 Å². The monoisotopic (exact) mass is 367 g/mol. The third-order valence-corrected chi connectivity index (χ3v) is 4.83. The van der Waals surface area contributed by atoms with Gasteiger partial charge in [-0.1, -0.05) is 36.4 Å². The lowest BCUT2D eigenvalue weighted by Gasteiger charge is -2.25. The van der Waals surface area contributed by atoms with Gasteiger partial charge in [-0.05, 0) is 25.0 Å². The lowest BCUT2D eigenvalue weighted by atomic mass is 10.0. The molecule has 0 saturated carbocycles. The molecule has 7 nitrogen and oxygen atoms in total. The molecule has 2 aromatic carbocycles. The molecule has 140 valence electrons. The number of nitrogens with one attached hydrogen (secondary N) is 1. The van der Waals surface area contributed by atoms with Crippen LogP contribution in [0.25, 0.3) is 0 Å². The van der Waals surface area contributed by atoms with E-state index in [1.165, 1.54) is 12.1 Å². The molecule has 1 atom stereocenters. The summed E-state index contributed by atoms with van der Waals surface area (Å²) in [5.74, 6) is -0.312. The summed E-state index contributed by atoms with van der Waals surface area (Å²) in [7, 11) is 0. The van der Waals surface area contributed by atoms with Crippen LogP contribution in [-0.2, 0) is 4.79 Å². The number of likely N-dealkylation sites (tertiary alicyclic amines) is 1. The van der Waals surface area contributed by atoms with Crippen LogP contribution in [0.2, 0.25) is 0 Å². The van der Waals surface area contributed by atoms with Crippen molar-refractivity contribution >= 4 is 17.5 Å². The highest BCUT2D eigenvalue weighted by atomic mass is 16.6. The highest BCUT2D eigenvalue weighted by Crippen LogP contribution is 2.23. The van der Waals surface area contributed by atoms with E-state index in [9.17, 15) is 19.7 Å². The van der Waals surface area contributed by atoms with Crippen LogP contribution >= 0.6 is 0 Å². The van der Waals surface area contributed by atoms with E-state index in [2.05, 4.69) is 5.32 Å². The summed E-state index contributed by atoms with van der Waals surface area (Å²) >= 11 is 0. The number of hydrogen-bond acceptors (Lipinski definition) is 4. The average molecular weight is 367 g/mol. The fraction of sp³-hybridized carbons (Fsp3) is 0.300. The molecule has 7 heteroatoms. The zero-order valence-corrected chi connectivity index (χ0v) is 15.1. The summed E-state index contributed by atoms with van der Waals surface area (Å²) in [5.41, 5.74) is 1.38. The van der Waals surface area contributed by atoms with E-state index in [0.717, 1.165) is 12.0 Å². The molecular weight excluding hydrogens is 346 g/mol. The maximum atomic E-state index is 12.8. The van der Waals surface area contributed by atoms with Gasteiger partial charge in [-0.15, -0.1) is 0 Å². The molecule has 2 amide bonds. The molecule has 1 aliphatic rings. The molecule has 27 heavy (non-hydrogen) atoms. The zero-order valence-electron chi connectivity index (χ0n) is 15.1. The van der Waals surface area contributed by atoms with Gasteiger partial charge in [0.2, 0.25) is 5.91 Å². The number of hydrogen-bond donors (Lipinski definition) is 1. The van der Waals surface area contributed by atoms with Crippen LogP contribution in [0, 0.1) is 17.0 Å². The fourth-order valence-corrected chi connectivity index (χ4v) is 3.34. The summed E-state index contributed by atoms with van der Waals surface area (Å²) in [6, 6.07) is 13.5. The van der Waals surface area contributed by atoms with Gasteiger partial charge in [-0.3, -0.25) is 19.7 Å². The van der Waals surface area contributed by atoms with E-state index in [1.54, 1.807) is 17.9 Å². The quantitative estimate of drug-likeness (QED) is 0.627. The van der Waals surface area contributed by atoms with Gasteiger partial charge >= 0.3 is 0 Å². The Balaban J connectivity index is 1.85. The van der Waals surface area contributed by atoms with E-state index in [4.69, 9.17) is 0 Å². The first-order valence-electron chi connectivity index (χ1n) is 8.85. The molecule has 0 aliphatic carbocycles. The summed E-state index contributed by atoms with van der Waals surface area (Å²) < 4.78 is 0. The molecule has 1 N–H and O–H groups in total. The van der Waals surface area contributed by atoms with Crippen molar-refractivity contribution in [3.63, 3.8) is 0 Å². The van der Waals surface area contributed by atoms with Gasteiger partial charge in [0, 0.05) is 36.7 Å². The van der Waals surface area contributed by atoms with Crippen LogP contribution in [0.1, 0.15) is 40.4 Å². The average Bonchev–Trinajstić information content (AvgIpc) is 3.06. The Morgan fingerprint density at radius 3 is 2.59 bits per heavy atom. The third-order valence-electron chi connectivity index (χ3n) is 4.83. The first-order valence-corrected chi connectivity index (χ1v) is 8.85. The molecule has 1 fully saturated rings. The largest absolute Gasteiger partial charge is 0.343 e. The number of carbonyl (C=O) groups excluding carboxylic acids is 2. The third kappa shape index (κ3) is 4.13. The topological polar surface area (TPSA) is 92.6 Å². The van der Waals surface area contributed by atoms with Crippen molar-refractivity contribution in [3.8, 4) is 0 Å². The minimum Gasteiger partial charge on any atom is -0.343 e. The molecule has 0 aromatic heterocycles. The minimum absolute atomic E-state index is 0.0803. The molecule has 1 aliphatic heterocycles. The number of nitro benzene ring substituents is 1. The lowest BCUT2D eigenvalue weighted by molar-refractivity contribution is -0.385.